The van der Waals surface area contributed by atoms with Gasteiger partial charge >= 0.3 is 0 Å². The highest BCUT2D eigenvalue weighted by atomic mass is 19.1. The molecular weight excluding hydrogens is 236 g/mol. The highest BCUT2D eigenvalue weighted by molar-refractivity contribution is 5.47. The van der Waals surface area contributed by atoms with Gasteiger partial charge in [0.2, 0.25) is 0 Å². The zero-order chi connectivity index (χ0) is 13.1. The largest absolute Gasteiger partial charge is 0.371 e. The first-order valence-electron chi connectivity index (χ1n) is 6.39. The molecule has 2 atom stereocenters. The number of halogens is 2. The molecule has 1 fully saturated rings. The lowest BCUT2D eigenvalue weighted by Gasteiger charge is -2.17. The van der Waals surface area contributed by atoms with E-state index in [0.29, 0.717) is 18.4 Å². The van der Waals surface area contributed by atoms with Crippen LogP contribution in [0, 0.1) is 23.5 Å². The molecule has 5 heteroatoms. The molecule has 0 aromatic carbocycles. The second-order valence-corrected chi connectivity index (χ2v) is 4.95. The Kier molecular flexibility index (Phi) is 3.99. The Hall–Kier alpha value is -1.39. The second-order valence-electron chi connectivity index (χ2n) is 4.95. The highest BCUT2D eigenvalue weighted by Gasteiger charge is 2.23. The van der Waals surface area contributed by atoms with E-state index in [9.17, 15) is 8.78 Å². The molecule has 3 nitrogen and oxygen atoms in total. The number of nitrogens with zero attached hydrogens (tertiary/aromatic N) is 1. The maximum Gasteiger partial charge on any atom is 0.168 e. The molecule has 1 aliphatic rings. The molecule has 100 valence electrons. The monoisotopic (exact) mass is 255 g/mol. The Morgan fingerprint density at radius 3 is 2.61 bits per heavy atom. The summed E-state index contributed by atoms with van der Waals surface area (Å²) in [6.45, 7) is 2.91. The van der Waals surface area contributed by atoms with Gasteiger partial charge in [-0.1, -0.05) is 19.8 Å². The lowest BCUT2D eigenvalue weighted by atomic mass is 9.98. The van der Waals surface area contributed by atoms with E-state index in [0.717, 1.165) is 12.5 Å². The summed E-state index contributed by atoms with van der Waals surface area (Å²) in [6, 6.07) is 0.860. The summed E-state index contributed by atoms with van der Waals surface area (Å²) < 4.78 is 26.8. The van der Waals surface area contributed by atoms with E-state index >= 15 is 0 Å². The van der Waals surface area contributed by atoms with E-state index in [1.54, 1.807) is 7.05 Å². The molecule has 0 bridgehead atoms. The summed E-state index contributed by atoms with van der Waals surface area (Å²) in [5, 5.41) is 5.60. The number of nitrogens with one attached hydrogen (secondary N) is 2. The van der Waals surface area contributed by atoms with Crippen LogP contribution in [0.25, 0.3) is 0 Å². The number of rotatable bonds is 4. The van der Waals surface area contributed by atoms with Gasteiger partial charge in [0.15, 0.2) is 23.3 Å². The van der Waals surface area contributed by atoms with Gasteiger partial charge < -0.3 is 10.6 Å². The summed E-state index contributed by atoms with van der Waals surface area (Å²) in [5.74, 6) is 0.0872. The van der Waals surface area contributed by atoms with Crippen LogP contribution in [0.15, 0.2) is 6.07 Å². The van der Waals surface area contributed by atoms with Crippen molar-refractivity contribution >= 4 is 11.6 Å². The van der Waals surface area contributed by atoms with E-state index in [1.807, 2.05) is 0 Å². The van der Waals surface area contributed by atoms with Gasteiger partial charge in [0.05, 0.1) is 0 Å². The minimum absolute atomic E-state index is 0.0679. The van der Waals surface area contributed by atoms with E-state index in [-0.39, 0.29) is 11.6 Å². The minimum atomic E-state index is -0.671. The van der Waals surface area contributed by atoms with Crippen molar-refractivity contribution in [2.45, 2.75) is 26.2 Å². The fraction of sp³-hybridized carbons (Fsp3) is 0.615. The lowest BCUT2D eigenvalue weighted by molar-refractivity contribution is 0.438. The highest BCUT2D eigenvalue weighted by Crippen LogP contribution is 2.31. The molecule has 1 aromatic heterocycles. The summed E-state index contributed by atoms with van der Waals surface area (Å²) in [5.41, 5.74) is 0. The fourth-order valence-corrected chi connectivity index (χ4v) is 2.52. The van der Waals surface area contributed by atoms with Gasteiger partial charge in [-0.25, -0.2) is 13.8 Å². The van der Waals surface area contributed by atoms with Crippen LogP contribution in [0.2, 0.25) is 0 Å². The van der Waals surface area contributed by atoms with Crippen molar-refractivity contribution in [3.8, 4) is 0 Å². The SMILES string of the molecule is CNc1nc(NCC2CCCC2C)c(F)cc1F. The Morgan fingerprint density at radius 1 is 1.28 bits per heavy atom. The lowest BCUT2D eigenvalue weighted by Crippen LogP contribution is -2.18. The molecule has 0 amide bonds. The molecule has 18 heavy (non-hydrogen) atoms. The molecule has 2 rings (SSSR count). The summed E-state index contributed by atoms with van der Waals surface area (Å²) >= 11 is 0. The predicted octanol–water partition coefficient (Wildman–Crippen LogP) is 3.25. The van der Waals surface area contributed by atoms with Crippen molar-refractivity contribution < 1.29 is 8.78 Å². The molecule has 0 saturated heterocycles. The standard InChI is InChI=1S/C13H19F2N3/c1-8-4-3-5-9(8)7-17-13-11(15)6-10(14)12(16-2)18-13/h6,8-9H,3-5,7H2,1-2H3,(H2,16,17,18). The van der Waals surface area contributed by atoms with Crippen LogP contribution in [0.1, 0.15) is 26.2 Å². The summed E-state index contributed by atoms with van der Waals surface area (Å²) in [7, 11) is 1.56. The molecule has 0 radical (unpaired) electrons. The van der Waals surface area contributed by atoms with Crippen molar-refractivity contribution in [2.75, 3.05) is 24.2 Å². The van der Waals surface area contributed by atoms with Gasteiger partial charge in [-0.15, -0.1) is 0 Å². The summed E-state index contributed by atoms with van der Waals surface area (Å²) in [4.78, 5) is 3.90. The normalized spacial score (nSPS) is 23.1. The number of pyridine rings is 1. The molecule has 0 spiro atoms. The molecule has 1 aromatic rings. The second kappa shape index (κ2) is 5.50. The zero-order valence-electron chi connectivity index (χ0n) is 10.8. The van der Waals surface area contributed by atoms with Crippen LogP contribution in [-0.2, 0) is 0 Å². The number of hydrogen-bond acceptors (Lipinski definition) is 3. The Morgan fingerprint density at radius 2 is 2.00 bits per heavy atom. The average molecular weight is 255 g/mol. The number of anilines is 2. The Bertz CT molecular complexity index is 423. The summed E-state index contributed by atoms with van der Waals surface area (Å²) in [6.07, 6.45) is 3.62. The smallest absolute Gasteiger partial charge is 0.168 e. The van der Waals surface area contributed by atoms with Crippen molar-refractivity contribution in [1.82, 2.24) is 4.98 Å². The van der Waals surface area contributed by atoms with Crippen LogP contribution in [-0.4, -0.2) is 18.6 Å². The first kappa shape index (κ1) is 13.1. The molecule has 1 heterocycles. The van der Waals surface area contributed by atoms with Gasteiger partial charge in [0, 0.05) is 19.7 Å². The third-order valence-electron chi connectivity index (χ3n) is 3.74. The van der Waals surface area contributed by atoms with Crippen LogP contribution >= 0.6 is 0 Å². The molecule has 1 saturated carbocycles. The van der Waals surface area contributed by atoms with E-state index < -0.39 is 11.6 Å². The fourth-order valence-electron chi connectivity index (χ4n) is 2.52. The van der Waals surface area contributed by atoms with Gasteiger partial charge in [0.1, 0.15) is 0 Å². The minimum Gasteiger partial charge on any atom is -0.371 e. The van der Waals surface area contributed by atoms with E-state index in [4.69, 9.17) is 0 Å². The molecule has 1 aliphatic carbocycles. The quantitative estimate of drug-likeness (QED) is 0.867. The van der Waals surface area contributed by atoms with Gasteiger partial charge in [-0.05, 0) is 18.3 Å². The molecule has 0 aliphatic heterocycles. The molecule has 2 unspecified atom stereocenters. The molecule has 2 N–H and O–H groups in total. The Balaban J connectivity index is 2.04. The van der Waals surface area contributed by atoms with Crippen molar-refractivity contribution in [2.24, 2.45) is 11.8 Å². The maximum atomic E-state index is 13.5. The predicted molar refractivity (Wildman–Crippen MR) is 68.7 cm³/mol. The van der Waals surface area contributed by atoms with Crippen LogP contribution < -0.4 is 10.6 Å². The van der Waals surface area contributed by atoms with Gasteiger partial charge in [0.25, 0.3) is 0 Å². The average Bonchev–Trinajstić information content (AvgIpc) is 2.74. The van der Waals surface area contributed by atoms with Gasteiger partial charge in [-0.2, -0.15) is 0 Å². The van der Waals surface area contributed by atoms with E-state index in [2.05, 4.69) is 22.5 Å². The van der Waals surface area contributed by atoms with Crippen molar-refractivity contribution in [3.63, 3.8) is 0 Å². The van der Waals surface area contributed by atoms with Crippen LogP contribution in [0.3, 0.4) is 0 Å². The van der Waals surface area contributed by atoms with Crippen molar-refractivity contribution in [3.05, 3.63) is 17.7 Å². The Labute approximate surface area is 106 Å². The maximum absolute atomic E-state index is 13.5. The topological polar surface area (TPSA) is 37.0 Å². The van der Waals surface area contributed by atoms with Gasteiger partial charge in [-0.3, -0.25) is 0 Å². The zero-order valence-corrected chi connectivity index (χ0v) is 10.8. The van der Waals surface area contributed by atoms with Crippen LogP contribution in [0.5, 0.6) is 0 Å². The third-order valence-corrected chi connectivity index (χ3v) is 3.74. The third kappa shape index (κ3) is 2.71. The van der Waals surface area contributed by atoms with E-state index in [1.165, 1.54) is 12.8 Å². The van der Waals surface area contributed by atoms with Crippen LogP contribution in [0.4, 0.5) is 20.4 Å². The number of aromatic nitrogens is 1. The molecular formula is C13H19F2N3. The first-order valence-corrected chi connectivity index (χ1v) is 6.39. The first-order chi connectivity index (χ1) is 8.61. The number of hydrogen-bond donors (Lipinski definition) is 2. The van der Waals surface area contributed by atoms with Crippen molar-refractivity contribution in [1.29, 1.82) is 0 Å².